The molecular formula is C33H25ClO. The number of aryl methyl sites for hydroxylation is 2. The van der Waals surface area contributed by atoms with Gasteiger partial charge in [0.1, 0.15) is 5.60 Å². The third-order valence-electron chi connectivity index (χ3n) is 7.15. The molecule has 0 aliphatic heterocycles. The van der Waals surface area contributed by atoms with Crippen LogP contribution in [0.4, 0.5) is 0 Å². The van der Waals surface area contributed by atoms with E-state index in [4.69, 9.17) is 11.6 Å². The summed E-state index contributed by atoms with van der Waals surface area (Å²) in [5.41, 5.74) is 8.24. The van der Waals surface area contributed by atoms with Crippen molar-refractivity contribution in [2.24, 2.45) is 0 Å². The van der Waals surface area contributed by atoms with Crippen LogP contribution < -0.4 is 0 Å². The highest BCUT2D eigenvalue weighted by Crippen LogP contribution is 2.46. The second-order valence-electron chi connectivity index (χ2n) is 9.16. The smallest absolute Gasteiger partial charge is 0.141 e. The van der Waals surface area contributed by atoms with Crippen LogP contribution in [-0.2, 0) is 18.4 Å². The SMILES string of the molecule is OC1(c2ccccc2-c2ccc(Cl)cc2)c2ccccc2CCc2cc(-c3ccccc3)ccc21. The van der Waals surface area contributed by atoms with Gasteiger partial charge in [0.15, 0.2) is 0 Å². The molecule has 0 saturated heterocycles. The molecule has 0 fully saturated rings. The lowest BCUT2D eigenvalue weighted by Gasteiger charge is -2.33. The molecule has 0 spiro atoms. The summed E-state index contributed by atoms with van der Waals surface area (Å²) in [5, 5.41) is 13.6. The van der Waals surface area contributed by atoms with Crippen molar-refractivity contribution in [1.29, 1.82) is 0 Å². The monoisotopic (exact) mass is 472 g/mol. The fourth-order valence-corrected chi connectivity index (χ4v) is 5.57. The quantitative estimate of drug-likeness (QED) is 0.281. The molecule has 1 atom stereocenters. The van der Waals surface area contributed by atoms with E-state index in [1.807, 2.05) is 48.5 Å². The van der Waals surface area contributed by atoms with Gasteiger partial charge >= 0.3 is 0 Å². The lowest BCUT2D eigenvalue weighted by Crippen LogP contribution is -2.31. The second kappa shape index (κ2) is 8.85. The Balaban J connectivity index is 1.62. The lowest BCUT2D eigenvalue weighted by atomic mass is 9.75. The molecular weight excluding hydrogens is 448 g/mol. The Morgan fingerprint density at radius 3 is 1.91 bits per heavy atom. The predicted octanol–water partition coefficient (Wildman–Crippen LogP) is 8.06. The van der Waals surface area contributed by atoms with Crippen LogP contribution in [0.25, 0.3) is 22.3 Å². The molecule has 1 aliphatic rings. The summed E-state index contributed by atoms with van der Waals surface area (Å²) in [7, 11) is 0. The van der Waals surface area contributed by atoms with E-state index in [9.17, 15) is 5.11 Å². The van der Waals surface area contributed by atoms with Crippen molar-refractivity contribution in [2.45, 2.75) is 18.4 Å². The molecule has 6 rings (SSSR count). The summed E-state index contributed by atoms with van der Waals surface area (Å²) in [5.74, 6) is 0. The van der Waals surface area contributed by atoms with Crippen LogP contribution in [0, 0.1) is 0 Å². The maximum atomic E-state index is 12.9. The summed E-state index contributed by atoms with van der Waals surface area (Å²) in [4.78, 5) is 0. The van der Waals surface area contributed by atoms with Crippen LogP contribution in [0.3, 0.4) is 0 Å². The molecule has 1 N–H and O–H groups in total. The number of hydrogen-bond donors (Lipinski definition) is 1. The van der Waals surface area contributed by atoms with E-state index in [1.165, 1.54) is 22.3 Å². The highest BCUT2D eigenvalue weighted by molar-refractivity contribution is 6.30. The molecule has 170 valence electrons. The summed E-state index contributed by atoms with van der Waals surface area (Å²) < 4.78 is 0. The first-order valence-electron chi connectivity index (χ1n) is 12.0. The molecule has 35 heavy (non-hydrogen) atoms. The Hall–Kier alpha value is -3.65. The fraction of sp³-hybridized carbons (Fsp3) is 0.0909. The van der Waals surface area contributed by atoms with Crippen LogP contribution in [0.15, 0.2) is 121 Å². The summed E-state index contributed by atoms with van der Waals surface area (Å²) in [6.07, 6.45) is 1.76. The average Bonchev–Trinajstić information content (AvgIpc) is 3.04. The molecule has 1 unspecified atom stereocenters. The van der Waals surface area contributed by atoms with E-state index in [0.717, 1.165) is 40.7 Å². The largest absolute Gasteiger partial charge is 0.376 e. The van der Waals surface area contributed by atoms with Crippen molar-refractivity contribution in [3.63, 3.8) is 0 Å². The summed E-state index contributed by atoms with van der Waals surface area (Å²) >= 11 is 6.19. The van der Waals surface area contributed by atoms with Gasteiger partial charge in [0, 0.05) is 10.6 Å². The molecule has 2 heteroatoms. The first-order chi connectivity index (χ1) is 17.1. The Morgan fingerprint density at radius 1 is 0.514 bits per heavy atom. The second-order valence-corrected chi connectivity index (χ2v) is 9.59. The maximum absolute atomic E-state index is 12.9. The van der Waals surface area contributed by atoms with Gasteiger partial charge in [-0.2, -0.15) is 0 Å². The number of hydrogen-bond acceptors (Lipinski definition) is 1. The first kappa shape index (κ1) is 21.9. The molecule has 0 aromatic heterocycles. The fourth-order valence-electron chi connectivity index (χ4n) is 5.44. The Morgan fingerprint density at radius 2 is 1.11 bits per heavy atom. The van der Waals surface area contributed by atoms with Crippen LogP contribution in [0.5, 0.6) is 0 Å². The topological polar surface area (TPSA) is 20.2 Å². The van der Waals surface area contributed by atoms with Crippen LogP contribution in [0.1, 0.15) is 27.8 Å². The van der Waals surface area contributed by atoms with Crippen molar-refractivity contribution < 1.29 is 5.11 Å². The molecule has 0 bridgehead atoms. The Bertz CT molecular complexity index is 1500. The van der Waals surface area contributed by atoms with Crippen molar-refractivity contribution in [2.75, 3.05) is 0 Å². The van der Waals surface area contributed by atoms with E-state index in [-0.39, 0.29) is 0 Å². The average molecular weight is 473 g/mol. The predicted molar refractivity (Wildman–Crippen MR) is 145 cm³/mol. The van der Waals surface area contributed by atoms with Crippen molar-refractivity contribution in [3.05, 3.63) is 154 Å². The number of fused-ring (bicyclic) bond motifs is 2. The number of benzene rings is 5. The van der Waals surface area contributed by atoms with Crippen molar-refractivity contribution >= 4 is 11.6 Å². The van der Waals surface area contributed by atoms with Gasteiger partial charge in [0.2, 0.25) is 0 Å². The van der Waals surface area contributed by atoms with Gasteiger partial charge in [-0.25, -0.2) is 0 Å². The molecule has 5 aromatic rings. The molecule has 0 amide bonds. The van der Waals surface area contributed by atoms with Gasteiger partial charge in [0.25, 0.3) is 0 Å². The van der Waals surface area contributed by atoms with Gasteiger partial charge in [-0.3, -0.25) is 0 Å². The van der Waals surface area contributed by atoms with E-state index < -0.39 is 5.60 Å². The minimum absolute atomic E-state index is 0.698. The van der Waals surface area contributed by atoms with Crippen molar-refractivity contribution in [3.8, 4) is 22.3 Å². The van der Waals surface area contributed by atoms with E-state index in [0.29, 0.717) is 5.02 Å². The summed E-state index contributed by atoms with van der Waals surface area (Å²) in [6, 6.07) is 41.3. The van der Waals surface area contributed by atoms with E-state index in [2.05, 4.69) is 72.8 Å². The third-order valence-corrected chi connectivity index (χ3v) is 7.40. The molecule has 1 aliphatic carbocycles. The zero-order valence-electron chi connectivity index (χ0n) is 19.3. The minimum Gasteiger partial charge on any atom is -0.376 e. The normalized spacial score (nSPS) is 16.7. The highest BCUT2D eigenvalue weighted by atomic mass is 35.5. The standard InChI is InChI=1S/C33H25ClO/c34-28-19-16-24(17-20-28)29-11-5-7-13-32(29)33(35)30-12-6-4-10-25(30)14-15-27-22-26(18-21-31(27)33)23-8-2-1-3-9-23/h1-13,16-22,35H,14-15H2. The van der Waals surface area contributed by atoms with Crippen molar-refractivity contribution in [1.82, 2.24) is 0 Å². The first-order valence-corrected chi connectivity index (χ1v) is 12.4. The maximum Gasteiger partial charge on any atom is 0.141 e. The minimum atomic E-state index is -1.28. The van der Waals surface area contributed by atoms with Gasteiger partial charge < -0.3 is 5.11 Å². The molecule has 1 nitrogen and oxygen atoms in total. The van der Waals surface area contributed by atoms with Crippen LogP contribution in [-0.4, -0.2) is 5.11 Å². The highest BCUT2D eigenvalue weighted by Gasteiger charge is 2.40. The van der Waals surface area contributed by atoms with Crippen LogP contribution in [0.2, 0.25) is 5.02 Å². The zero-order valence-corrected chi connectivity index (χ0v) is 20.0. The number of rotatable bonds is 3. The zero-order chi connectivity index (χ0) is 23.8. The molecule has 5 aromatic carbocycles. The summed E-state index contributed by atoms with van der Waals surface area (Å²) in [6.45, 7) is 0. The van der Waals surface area contributed by atoms with Gasteiger partial charge in [-0.1, -0.05) is 121 Å². The van der Waals surface area contributed by atoms with E-state index >= 15 is 0 Å². The Labute approximate surface area is 211 Å². The molecule has 0 heterocycles. The van der Waals surface area contributed by atoms with Gasteiger partial charge in [0.05, 0.1) is 0 Å². The lowest BCUT2D eigenvalue weighted by molar-refractivity contribution is 0.125. The molecule has 0 radical (unpaired) electrons. The van der Waals surface area contributed by atoms with E-state index in [1.54, 1.807) is 0 Å². The Kier molecular flexibility index (Phi) is 5.53. The van der Waals surface area contributed by atoms with Gasteiger partial charge in [-0.15, -0.1) is 0 Å². The number of halogens is 1. The van der Waals surface area contributed by atoms with Crippen LogP contribution >= 0.6 is 11.6 Å². The van der Waals surface area contributed by atoms with Gasteiger partial charge in [-0.05, 0) is 69.5 Å². The molecule has 0 saturated carbocycles. The number of aliphatic hydroxyl groups is 1. The third kappa shape index (κ3) is 3.78.